The minimum absolute atomic E-state index is 0.186. The number of hydrogen-bond acceptors (Lipinski definition) is 2. The Hall–Kier alpha value is 0.01000. The Bertz CT molecular complexity index is 370. The van der Waals surface area contributed by atoms with E-state index < -0.39 is 0 Å². The summed E-state index contributed by atoms with van der Waals surface area (Å²) in [5, 5.41) is 3.66. The van der Waals surface area contributed by atoms with Gasteiger partial charge in [-0.15, -0.1) is 0 Å². The standard InChI is InChI=1S/C17H28BrNS/c1-5-20-12-6-7-15(13-19-17(2,3)4)14-8-10-16(18)11-9-14/h8-11,15,19H,5-7,12-13H2,1-4H3. The van der Waals surface area contributed by atoms with Crippen molar-refractivity contribution in [2.24, 2.45) is 0 Å². The molecular weight excluding hydrogens is 330 g/mol. The summed E-state index contributed by atoms with van der Waals surface area (Å²) >= 11 is 5.56. The maximum Gasteiger partial charge on any atom is 0.0175 e. The van der Waals surface area contributed by atoms with Crippen LogP contribution in [0.3, 0.4) is 0 Å². The second-order valence-corrected chi connectivity index (χ2v) is 8.53. The van der Waals surface area contributed by atoms with Crippen LogP contribution in [0, 0.1) is 0 Å². The minimum Gasteiger partial charge on any atom is -0.311 e. The van der Waals surface area contributed by atoms with Crippen molar-refractivity contribution in [3.63, 3.8) is 0 Å². The molecule has 0 aliphatic carbocycles. The van der Waals surface area contributed by atoms with Crippen molar-refractivity contribution >= 4 is 27.7 Å². The third-order valence-corrected chi connectivity index (χ3v) is 4.78. The summed E-state index contributed by atoms with van der Waals surface area (Å²) < 4.78 is 1.16. The fourth-order valence-corrected chi connectivity index (χ4v) is 3.05. The molecular formula is C17H28BrNS. The zero-order valence-electron chi connectivity index (χ0n) is 13.2. The molecule has 20 heavy (non-hydrogen) atoms. The average Bonchev–Trinajstić information content (AvgIpc) is 2.38. The van der Waals surface area contributed by atoms with Gasteiger partial charge in [0, 0.05) is 16.6 Å². The molecule has 0 aliphatic heterocycles. The second-order valence-electron chi connectivity index (χ2n) is 6.22. The van der Waals surface area contributed by atoms with Gasteiger partial charge in [0.05, 0.1) is 0 Å². The van der Waals surface area contributed by atoms with Gasteiger partial charge >= 0.3 is 0 Å². The number of rotatable bonds is 8. The largest absolute Gasteiger partial charge is 0.311 e. The topological polar surface area (TPSA) is 12.0 Å². The van der Waals surface area contributed by atoms with E-state index in [1.807, 2.05) is 11.8 Å². The van der Waals surface area contributed by atoms with E-state index in [0.717, 1.165) is 11.0 Å². The highest BCUT2D eigenvalue weighted by molar-refractivity contribution is 9.10. The molecule has 0 bridgehead atoms. The van der Waals surface area contributed by atoms with E-state index in [-0.39, 0.29) is 5.54 Å². The quantitative estimate of drug-likeness (QED) is 0.620. The van der Waals surface area contributed by atoms with E-state index in [0.29, 0.717) is 5.92 Å². The van der Waals surface area contributed by atoms with Gasteiger partial charge in [-0.3, -0.25) is 0 Å². The Labute approximate surface area is 137 Å². The Morgan fingerprint density at radius 1 is 1.20 bits per heavy atom. The maximum absolute atomic E-state index is 3.66. The first-order valence-electron chi connectivity index (χ1n) is 7.50. The van der Waals surface area contributed by atoms with E-state index in [1.54, 1.807) is 0 Å². The Morgan fingerprint density at radius 3 is 2.40 bits per heavy atom. The van der Waals surface area contributed by atoms with Crippen LogP contribution in [-0.4, -0.2) is 23.6 Å². The summed E-state index contributed by atoms with van der Waals surface area (Å²) in [6.07, 6.45) is 2.56. The first kappa shape index (κ1) is 18.1. The van der Waals surface area contributed by atoms with Gasteiger partial charge in [-0.2, -0.15) is 11.8 Å². The fourth-order valence-electron chi connectivity index (χ4n) is 2.13. The highest BCUT2D eigenvalue weighted by atomic mass is 79.9. The summed E-state index contributed by atoms with van der Waals surface area (Å²) in [5.74, 6) is 3.11. The van der Waals surface area contributed by atoms with Crippen LogP contribution in [0.2, 0.25) is 0 Å². The number of halogens is 1. The van der Waals surface area contributed by atoms with Crippen molar-refractivity contribution in [1.29, 1.82) is 0 Å². The maximum atomic E-state index is 3.66. The lowest BCUT2D eigenvalue weighted by Gasteiger charge is -2.26. The van der Waals surface area contributed by atoms with Gasteiger partial charge in [0.25, 0.3) is 0 Å². The molecule has 1 nitrogen and oxygen atoms in total. The highest BCUT2D eigenvalue weighted by Crippen LogP contribution is 2.24. The molecule has 0 aromatic heterocycles. The van der Waals surface area contributed by atoms with E-state index >= 15 is 0 Å². The van der Waals surface area contributed by atoms with Crippen molar-refractivity contribution in [3.8, 4) is 0 Å². The third kappa shape index (κ3) is 7.70. The Morgan fingerprint density at radius 2 is 1.85 bits per heavy atom. The van der Waals surface area contributed by atoms with Crippen LogP contribution < -0.4 is 5.32 Å². The summed E-state index contributed by atoms with van der Waals surface area (Å²) in [7, 11) is 0. The lowest BCUT2D eigenvalue weighted by atomic mass is 9.93. The molecule has 3 heteroatoms. The molecule has 0 heterocycles. The van der Waals surface area contributed by atoms with Gasteiger partial charge in [-0.1, -0.05) is 35.0 Å². The Balaban J connectivity index is 2.60. The number of thioether (sulfide) groups is 1. The van der Waals surface area contributed by atoms with E-state index in [1.165, 1.54) is 29.9 Å². The molecule has 0 saturated heterocycles. The van der Waals surface area contributed by atoms with Crippen LogP contribution in [0.4, 0.5) is 0 Å². The van der Waals surface area contributed by atoms with E-state index in [2.05, 4.69) is 73.2 Å². The van der Waals surface area contributed by atoms with Gasteiger partial charge in [-0.05, 0) is 68.7 Å². The molecule has 1 atom stereocenters. The smallest absolute Gasteiger partial charge is 0.0175 e. The SMILES string of the molecule is CCSCCCC(CNC(C)(C)C)c1ccc(Br)cc1. The minimum atomic E-state index is 0.186. The van der Waals surface area contributed by atoms with Crippen molar-refractivity contribution < 1.29 is 0 Å². The molecule has 114 valence electrons. The number of nitrogens with one attached hydrogen (secondary N) is 1. The van der Waals surface area contributed by atoms with Gasteiger partial charge in [0.1, 0.15) is 0 Å². The molecule has 1 rings (SSSR count). The molecule has 1 unspecified atom stereocenters. The molecule has 0 radical (unpaired) electrons. The van der Waals surface area contributed by atoms with Gasteiger partial charge in [-0.25, -0.2) is 0 Å². The van der Waals surface area contributed by atoms with Crippen LogP contribution in [0.1, 0.15) is 52.0 Å². The number of hydrogen-bond donors (Lipinski definition) is 1. The lowest BCUT2D eigenvalue weighted by molar-refractivity contribution is 0.398. The van der Waals surface area contributed by atoms with Crippen molar-refractivity contribution in [3.05, 3.63) is 34.3 Å². The summed E-state index contributed by atoms with van der Waals surface area (Å²) in [6, 6.07) is 8.82. The summed E-state index contributed by atoms with van der Waals surface area (Å²) in [5.41, 5.74) is 1.64. The highest BCUT2D eigenvalue weighted by Gasteiger charge is 2.15. The van der Waals surface area contributed by atoms with Crippen molar-refractivity contribution in [1.82, 2.24) is 5.32 Å². The van der Waals surface area contributed by atoms with Crippen LogP contribution >= 0.6 is 27.7 Å². The van der Waals surface area contributed by atoms with E-state index in [9.17, 15) is 0 Å². The zero-order valence-corrected chi connectivity index (χ0v) is 15.6. The molecule has 1 N–H and O–H groups in total. The first-order valence-corrected chi connectivity index (χ1v) is 9.45. The molecule has 0 fully saturated rings. The number of benzene rings is 1. The van der Waals surface area contributed by atoms with Crippen LogP contribution in [0.25, 0.3) is 0 Å². The molecule has 1 aromatic rings. The predicted molar refractivity (Wildman–Crippen MR) is 96.9 cm³/mol. The van der Waals surface area contributed by atoms with E-state index in [4.69, 9.17) is 0 Å². The zero-order chi connectivity index (χ0) is 15.0. The van der Waals surface area contributed by atoms with Gasteiger partial charge in [0.15, 0.2) is 0 Å². The van der Waals surface area contributed by atoms with Crippen LogP contribution in [0.15, 0.2) is 28.7 Å². The summed E-state index contributed by atoms with van der Waals surface area (Å²) in [4.78, 5) is 0. The monoisotopic (exact) mass is 357 g/mol. The average molecular weight is 358 g/mol. The van der Waals surface area contributed by atoms with Crippen LogP contribution in [0.5, 0.6) is 0 Å². The lowest BCUT2D eigenvalue weighted by Crippen LogP contribution is -2.38. The van der Waals surface area contributed by atoms with Crippen molar-refractivity contribution in [2.45, 2.75) is 52.0 Å². The molecule has 0 amide bonds. The first-order chi connectivity index (χ1) is 9.42. The molecule has 0 spiro atoms. The fraction of sp³-hybridized carbons (Fsp3) is 0.647. The molecule has 0 saturated carbocycles. The third-order valence-electron chi connectivity index (χ3n) is 3.27. The molecule has 0 aliphatic rings. The van der Waals surface area contributed by atoms with Gasteiger partial charge < -0.3 is 5.32 Å². The normalized spacial score (nSPS) is 13.4. The van der Waals surface area contributed by atoms with Gasteiger partial charge in [0.2, 0.25) is 0 Å². The van der Waals surface area contributed by atoms with Crippen molar-refractivity contribution in [2.75, 3.05) is 18.1 Å². The molecule has 1 aromatic carbocycles. The van der Waals surface area contributed by atoms with Crippen LogP contribution in [-0.2, 0) is 0 Å². The second kappa shape index (κ2) is 9.11. The predicted octanol–water partition coefficient (Wildman–Crippen LogP) is 5.45. The Kier molecular flexibility index (Phi) is 8.23. The summed E-state index contributed by atoms with van der Waals surface area (Å²) in [6.45, 7) is 10.00.